The van der Waals surface area contributed by atoms with Gasteiger partial charge in [-0.2, -0.15) is 18.2 Å². The number of aryl methyl sites for hydroxylation is 1. The lowest BCUT2D eigenvalue weighted by Gasteiger charge is -2.35. The highest BCUT2D eigenvalue weighted by atomic mass is 19.4. The Morgan fingerprint density at radius 3 is 2.81 bits per heavy atom. The molecule has 0 spiro atoms. The molecule has 0 aliphatic carbocycles. The van der Waals surface area contributed by atoms with E-state index in [2.05, 4.69) is 30.6 Å². The zero-order chi connectivity index (χ0) is 29.4. The normalized spacial score (nSPS) is 15.8. The second kappa shape index (κ2) is 10.8. The third kappa shape index (κ3) is 5.24. The number of anilines is 3. The maximum absolute atomic E-state index is 14.1. The Kier molecular flexibility index (Phi) is 7.01. The fraction of sp³-hybridized carbons (Fsp3) is 0.276. The molecule has 1 saturated heterocycles. The summed E-state index contributed by atoms with van der Waals surface area (Å²) in [6, 6.07) is 10.5. The number of carbonyl (C=O) groups excluding carboxylic acids is 1. The van der Waals surface area contributed by atoms with E-state index in [9.17, 15) is 18.0 Å². The molecule has 1 amide bonds. The maximum atomic E-state index is 14.1. The fourth-order valence-corrected chi connectivity index (χ4v) is 5.14. The van der Waals surface area contributed by atoms with Crippen molar-refractivity contribution < 1.29 is 27.4 Å². The smallest absolute Gasteiger partial charge is 0.418 e. The molecule has 13 heteroatoms. The topological polar surface area (TPSA) is 114 Å². The molecule has 2 aliphatic heterocycles. The first-order valence-electron chi connectivity index (χ1n) is 13.3. The van der Waals surface area contributed by atoms with E-state index in [4.69, 9.17) is 9.47 Å². The molecule has 2 aromatic carbocycles. The molecule has 4 heterocycles. The number of amides is 1. The number of hydrogen-bond acceptors (Lipinski definition) is 9. The summed E-state index contributed by atoms with van der Waals surface area (Å²) in [6.45, 7) is 2.63. The summed E-state index contributed by atoms with van der Waals surface area (Å²) in [6.07, 6.45) is -0.143. The van der Waals surface area contributed by atoms with Crippen LogP contribution in [0.4, 0.5) is 30.5 Å². The third-order valence-corrected chi connectivity index (χ3v) is 7.20. The first kappa shape index (κ1) is 27.2. The van der Waals surface area contributed by atoms with Crippen LogP contribution in [0, 0.1) is 6.92 Å². The van der Waals surface area contributed by atoms with E-state index in [1.165, 1.54) is 18.5 Å². The number of carbonyl (C=O) groups is 1. The summed E-state index contributed by atoms with van der Waals surface area (Å²) in [7, 11) is 1.68. The molecule has 0 radical (unpaired) electrons. The maximum Gasteiger partial charge on any atom is 0.418 e. The number of pyridine rings is 1. The molecule has 2 N–H and O–H groups in total. The average molecular weight is 578 g/mol. The highest BCUT2D eigenvalue weighted by Crippen LogP contribution is 2.48. The number of rotatable bonds is 6. The quantitative estimate of drug-likeness (QED) is 0.298. The van der Waals surface area contributed by atoms with Crippen molar-refractivity contribution in [3.05, 3.63) is 71.7 Å². The first-order chi connectivity index (χ1) is 20.2. The molecule has 1 unspecified atom stereocenters. The second-order valence-corrected chi connectivity index (χ2v) is 9.94. The molecule has 216 valence electrons. The number of ether oxygens (including phenoxy) is 2. The van der Waals surface area contributed by atoms with Gasteiger partial charge in [0.15, 0.2) is 5.82 Å². The third-order valence-electron chi connectivity index (χ3n) is 7.20. The van der Waals surface area contributed by atoms with Crippen molar-refractivity contribution in [3.63, 3.8) is 0 Å². The van der Waals surface area contributed by atoms with E-state index in [-0.39, 0.29) is 34.6 Å². The number of nitrogens with zero attached hydrogens (tertiary/aromatic N) is 5. The molecule has 10 nitrogen and oxygen atoms in total. The minimum Gasteiger partial charge on any atom is -0.489 e. The van der Waals surface area contributed by atoms with Gasteiger partial charge in [-0.05, 0) is 55.7 Å². The van der Waals surface area contributed by atoms with E-state index in [0.717, 1.165) is 18.9 Å². The van der Waals surface area contributed by atoms with Crippen LogP contribution < -0.4 is 25.0 Å². The number of aromatic nitrogens is 4. The van der Waals surface area contributed by atoms with Crippen LogP contribution in [-0.4, -0.2) is 52.1 Å². The lowest BCUT2D eigenvalue weighted by atomic mass is 10.1. The van der Waals surface area contributed by atoms with Gasteiger partial charge >= 0.3 is 6.18 Å². The van der Waals surface area contributed by atoms with Gasteiger partial charge in [0.05, 0.1) is 22.9 Å². The van der Waals surface area contributed by atoms with Gasteiger partial charge in [-0.1, -0.05) is 6.07 Å². The van der Waals surface area contributed by atoms with Crippen LogP contribution in [0.3, 0.4) is 0 Å². The van der Waals surface area contributed by atoms with Crippen molar-refractivity contribution in [1.29, 1.82) is 0 Å². The summed E-state index contributed by atoms with van der Waals surface area (Å²) >= 11 is 0. The van der Waals surface area contributed by atoms with Crippen LogP contribution >= 0.6 is 0 Å². The van der Waals surface area contributed by atoms with Crippen molar-refractivity contribution in [3.8, 4) is 28.8 Å². The van der Waals surface area contributed by atoms with E-state index in [1.54, 1.807) is 49.3 Å². The lowest BCUT2D eigenvalue weighted by molar-refractivity contribution is -0.137. The average Bonchev–Trinajstić information content (AvgIpc) is 3.47. The van der Waals surface area contributed by atoms with Gasteiger partial charge < -0.3 is 25.0 Å². The zero-order valence-electron chi connectivity index (χ0n) is 22.7. The Balaban J connectivity index is 1.28. The van der Waals surface area contributed by atoms with Gasteiger partial charge in [-0.15, -0.1) is 0 Å². The zero-order valence-corrected chi connectivity index (χ0v) is 22.7. The molecule has 0 bridgehead atoms. The van der Waals surface area contributed by atoms with Gasteiger partial charge in [0, 0.05) is 37.1 Å². The summed E-state index contributed by atoms with van der Waals surface area (Å²) in [4.78, 5) is 31.9. The fourth-order valence-electron chi connectivity index (χ4n) is 5.14. The molecule has 2 aromatic heterocycles. The Morgan fingerprint density at radius 1 is 1.14 bits per heavy atom. The molecule has 42 heavy (non-hydrogen) atoms. The van der Waals surface area contributed by atoms with Crippen molar-refractivity contribution in [1.82, 2.24) is 19.9 Å². The van der Waals surface area contributed by atoms with E-state index in [0.29, 0.717) is 41.8 Å². The SMILES string of the molecule is CNc1ncnc(-c2cccnc2Oc2cc(C(=O)Nc3cc4c(c(C(F)(F)F)c3)N3CCCC3CO4)ccc2C)n1. The minimum absolute atomic E-state index is 0.0195. The number of hydrogen-bond donors (Lipinski definition) is 2. The van der Waals surface area contributed by atoms with Crippen LogP contribution in [0.25, 0.3) is 11.4 Å². The Bertz CT molecular complexity index is 1660. The van der Waals surface area contributed by atoms with Gasteiger partial charge in [0.2, 0.25) is 11.8 Å². The summed E-state index contributed by atoms with van der Waals surface area (Å²) in [5, 5.41) is 5.45. The number of benzene rings is 2. The van der Waals surface area contributed by atoms with Crippen LogP contribution in [0.2, 0.25) is 0 Å². The summed E-state index contributed by atoms with van der Waals surface area (Å²) in [5.74, 6) is 0.725. The molecule has 4 aromatic rings. The highest BCUT2D eigenvalue weighted by Gasteiger charge is 2.42. The Labute approximate surface area is 238 Å². The predicted molar refractivity (Wildman–Crippen MR) is 149 cm³/mol. The lowest BCUT2D eigenvalue weighted by Crippen LogP contribution is -2.39. The summed E-state index contributed by atoms with van der Waals surface area (Å²) < 4.78 is 54.3. The second-order valence-electron chi connectivity index (χ2n) is 9.94. The molecule has 2 aliphatic rings. The first-order valence-corrected chi connectivity index (χ1v) is 13.3. The van der Waals surface area contributed by atoms with Crippen LogP contribution in [0.15, 0.2) is 55.0 Å². The van der Waals surface area contributed by atoms with Gasteiger partial charge in [0.25, 0.3) is 5.91 Å². The van der Waals surface area contributed by atoms with E-state index in [1.807, 2.05) is 0 Å². The molecule has 0 saturated carbocycles. The standard InChI is InChI=1S/C29H26F3N7O3/c1-16-7-8-17(11-22(16)42-27-20(6-3-9-34-27)25-35-15-36-28(33-2)38-25)26(40)37-18-12-21(29(30,31)32)24-23(13-18)41-14-19-5-4-10-39(19)24/h3,6-9,11-13,15,19H,4-5,10,14H2,1-2H3,(H,37,40)(H,33,35,36,38). The molecular formula is C29H26F3N7O3. The number of fused-ring (bicyclic) bond motifs is 3. The monoisotopic (exact) mass is 577 g/mol. The molecule has 1 atom stereocenters. The van der Waals surface area contributed by atoms with Crippen molar-refractivity contribution in [2.75, 3.05) is 35.7 Å². The van der Waals surface area contributed by atoms with Crippen molar-refractivity contribution in [2.24, 2.45) is 0 Å². The number of alkyl halides is 3. The largest absolute Gasteiger partial charge is 0.489 e. The molecule has 6 rings (SSSR count). The molecular weight excluding hydrogens is 551 g/mol. The van der Waals surface area contributed by atoms with E-state index >= 15 is 0 Å². The van der Waals surface area contributed by atoms with Crippen LogP contribution in [0.5, 0.6) is 17.4 Å². The Hall–Kier alpha value is -4.94. The number of nitrogens with one attached hydrogen (secondary N) is 2. The molecule has 1 fully saturated rings. The van der Waals surface area contributed by atoms with E-state index < -0.39 is 17.6 Å². The number of halogens is 3. The highest BCUT2D eigenvalue weighted by molar-refractivity contribution is 6.05. The van der Waals surface area contributed by atoms with Gasteiger partial charge in [-0.25, -0.2) is 15.0 Å². The van der Waals surface area contributed by atoms with Crippen LogP contribution in [-0.2, 0) is 6.18 Å². The predicted octanol–water partition coefficient (Wildman–Crippen LogP) is 5.71. The van der Waals surface area contributed by atoms with Gasteiger partial charge in [-0.3, -0.25) is 4.79 Å². The van der Waals surface area contributed by atoms with Crippen LogP contribution in [0.1, 0.15) is 34.3 Å². The summed E-state index contributed by atoms with van der Waals surface area (Å²) in [5.41, 5.74) is 0.561. The van der Waals surface area contributed by atoms with Gasteiger partial charge in [0.1, 0.15) is 24.4 Å². The minimum atomic E-state index is -4.63. The van der Waals surface area contributed by atoms with Crippen molar-refractivity contribution in [2.45, 2.75) is 32.0 Å². The Morgan fingerprint density at radius 2 is 2.00 bits per heavy atom. The van der Waals surface area contributed by atoms with Crippen molar-refractivity contribution >= 4 is 23.2 Å².